The molecule has 0 spiro atoms. The van der Waals surface area contributed by atoms with Crippen LogP contribution in [0, 0.1) is 10.1 Å². The van der Waals surface area contributed by atoms with Crippen molar-refractivity contribution in [1.82, 2.24) is 9.78 Å². The van der Waals surface area contributed by atoms with E-state index in [-0.39, 0.29) is 11.8 Å². The van der Waals surface area contributed by atoms with Gasteiger partial charge in [-0.25, -0.2) is 4.68 Å². The zero-order valence-corrected chi connectivity index (χ0v) is 12.6. The zero-order valence-electron chi connectivity index (χ0n) is 12.6. The number of phenolic OH excluding ortho intramolecular Hbond substituents is 1. The number of carbonyl (C=O) groups is 1. The van der Waals surface area contributed by atoms with Crippen molar-refractivity contribution in [3.05, 3.63) is 51.7 Å². The average Bonchev–Trinajstić information content (AvgIpc) is 2.88. The molecule has 1 aliphatic heterocycles. The van der Waals surface area contributed by atoms with E-state index in [4.69, 9.17) is 0 Å². The third-order valence-electron chi connectivity index (χ3n) is 3.93. The minimum atomic E-state index is -1.46. The van der Waals surface area contributed by atoms with Gasteiger partial charge in [0.1, 0.15) is 11.6 Å². The first-order valence-corrected chi connectivity index (χ1v) is 7.21. The molecule has 0 aliphatic carbocycles. The summed E-state index contributed by atoms with van der Waals surface area (Å²) >= 11 is 0. The molecular weight excluding hydrogens is 300 g/mol. The smallest absolute Gasteiger partial charge is 0.301 e. The number of nitrogens with zero attached hydrogens (tertiary/aromatic N) is 3. The van der Waals surface area contributed by atoms with Gasteiger partial charge < -0.3 is 10.4 Å². The molecule has 120 valence electrons. The molecule has 2 heterocycles. The summed E-state index contributed by atoms with van der Waals surface area (Å²) in [4.78, 5) is 23.1. The minimum absolute atomic E-state index is 0.00367. The van der Waals surface area contributed by atoms with Crippen molar-refractivity contribution in [2.45, 2.75) is 31.8 Å². The lowest BCUT2D eigenvalue weighted by Crippen LogP contribution is -2.44. The van der Waals surface area contributed by atoms with Crippen LogP contribution in [-0.2, 0) is 4.79 Å². The number of amides is 1. The molecule has 3 rings (SSSR count). The van der Waals surface area contributed by atoms with Crippen LogP contribution >= 0.6 is 0 Å². The van der Waals surface area contributed by atoms with Gasteiger partial charge in [-0.1, -0.05) is 12.1 Å². The normalized spacial score (nSPS) is 20.2. The summed E-state index contributed by atoms with van der Waals surface area (Å²) in [5.41, 5.74) is 1.08. The molecule has 2 atom stereocenters. The molecule has 0 unspecified atom stereocenters. The Morgan fingerprint density at radius 2 is 2.17 bits per heavy atom. The van der Waals surface area contributed by atoms with E-state index in [2.05, 4.69) is 10.4 Å². The molecule has 8 nitrogen and oxygen atoms in total. The average molecular weight is 316 g/mol. The van der Waals surface area contributed by atoms with Crippen molar-refractivity contribution < 1.29 is 14.8 Å². The number of anilines is 1. The molecule has 23 heavy (non-hydrogen) atoms. The third kappa shape index (κ3) is 2.41. The Bertz CT molecular complexity index is 784. The predicted octanol–water partition coefficient (Wildman–Crippen LogP) is 1.90. The number of aromatic nitrogens is 2. The van der Waals surface area contributed by atoms with E-state index in [0.29, 0.717) is 16.9 Å². The van der Waals surface area contributed by atoms with Crippen LogP contribution in [0.3, 0.4) is 0 Å². The zero-order chi connectivity index (χ0) is 16.7. The largest absolute Gasteiger partial charge is 0.508 e. The van der Waals surface area contributed by atoms with Crippen LogP contribution in [0.4, 0.5) is 5.82 Å². The third-order valence-corrected chi connectivity index (χ3v) is 3.93. The molecule has 8 heteroatoms. The van der Waals surface area contributed by atoms with Crippen molar-refractivity contribution in [1.29, 1.82) is 0 Å². The molecule has 0 radical (unpaired) electrons. The Labute approximate surface area is 131 Å². The SMILES string of the molecule is CC(C)n1ncc2c1NC(=O)[C@@H]([N+](=O)[O-])[C@H]2c1cccc(O)c1. The van der Waals surface area contributed by atoms with Gasteiger partial charge in [0.05, 0.1) is 12.1 Å². The van der Waals surface area contributed by atoms with Crippen molar-refractivity contribution in [2.75, 3.05) is 5.32 Å². The van der Waals surface area contributed by atoms with Crippen LogP contribution in [0.2, 0.25) is 0 Å². The molecular formula is C15H16N4O4. The van der Waals surface area contributed by atoms with E-state index in [1.807, 2.05) is 13.8 Å². The highest BCUT2D eigenvalue weighted by Gasteiger charge is 2.47. The van der Waals surface area contributed by atoms with Gasteiger partial charge >= 0.3 is 11.9 Å². The van der Waals surface area contributed by atoms with E-state index in [0.717, 1.165) is 0 Å². The first-order valence-electron chi connectivity index (χ1n) is 7.21. The number of rotatable bonds is 3. The lowest BCUT2D eigenvalue weighted by molar-refractivity contribution is -0.509. The van der Waals surface area contributed by atoms with E-state index in [9.17, 15) is 20.0 Å². The van der Waals surface area contributed by atoms with Crippen LogP contribution < -0.4 is 5.32 Å². The fourth-order valence-corrected chi connectivity index (χ4v) is 2.93. The van der Waals surface area contributed by atoms with Crippen molar-refractivity contribution >= 4 is 11.7 Å². The van der Waals surface area contributed by atoms with Gasteiger partial charge in [-0.15, -0.1) is 0 Å². The second kappa shape index (κ2) is 5.38. The van der Waals surface area contributed by atoms with Crippen LogP contribution in [0.25, 0.3) is 0 Å². The summed E-state index contributed by atoms with van der Waals surface area (Å²) in [5.74, 6) is -1.02. The molecule has 1 aromatic heterocycles. The molecule has 0 bridgehead atoms. The maximum absolute atomic E-state index is 12.3. The van der Waals surface area contributed by atoms with Crippen LogP contribution in [0.5, 0.6) is 5.75 Å². The first kappa shape index (κ1) is 15.0. The number of carbonyl (C=O) groups excluding carboxylic acids is 1. The van der Waals surface area contributed by atoms with Crippen LogP contribution in [0.15, 0.2) is 30.5 Å². The summed E-state index contributed by atoms with van der Waals surface area (Å²) in [6.45, 7) is 3.81. The Hall–Kier alpha value is -2.90. The molecule has 1 aliphatic rings. The summed E-state index contributed by atoms with van der Waals surface area (Å²) in [5, 5.41) is 28.0. The maximum atomic E-state index is 12.3. The standard InChI is InChI=1S/C15H16N4O4/c1-8(2)18-14-11(7-16-18)12(9-4-3-5-10(20)6-9)13(19(22)23)15(21)17-14/h3-8,12-13,20H,1-2H3,(H,17,21)/t12-,13-/m0/s1. The van der Waals surface area contributed by atoms with Crippen molar-refractivity contribution in [3.63, 3.8) is 0 Å². The number of benzene rings is 1. The molecule has 1 aromatic carbocycles. The van der Waals surface area contributed by atoms with Crippen molar-refractivity contribution in [3.8, 4) is 5.75 Å². The summed E-state index contributed by atoms with van der Waals surface area (Å²) in [6, 6.07) is 4.71. The second-order valence-corrected chi connectivity index (χ2v) is 5.78. The van der Waals surface area contributed by atoms with Gasteiger partial charge in [-0.2, -0.15) is 5.10 Å². The molecule has 0 saturated carbocycles. The Morgan fingerprint density at radius 3 is 2.78 bits per heavy atom. The number of phenols is 1. The van der Waals surface area contributed by atoms with Gasteiger partial charge in [0.2, 0.25) is 0 Å². The van der Waals surface area contributed by atoms with E-state index < -0.39 is 22.8 Å². The lowest BCUT2D eigenvalue weighted by Gasteiger charge is -2.27. The topological polar surface area (TPSA) is 110 Å². The second-order valence-electron chi connectivity index (χ2n) is 5.78. The Morgan fingerprint density at radius 1 is 1.43 bits per heavy atom. The molecule has 2 aromatic rings. The number of hydrogen-bond donors (Lipinski definition) is 2. The number of fused-ring (bicyclic) bond motifs is 1. The first-order chi connectivity index (χ1) is 10.9. The fraction of sp³-hybridized carbons (Fsp3) is 0.333. The highest BCUT2D eigenvalue weighted by molar-refractivity contribution is 5.97. The highest BCUT2D eigenvalue weighted by Crippen LogP contribution is 2.39. The molecule has 0 saturated heterocycles. The van der Waals surface area contributed by atoms with Gasteiger partial charge in [0, 0.05) is 16.5 Å². The van der Waals surface area contributed by atoms with Crippen molar-refractivity contribution in [2.24, 2.45) is 0 Å². The quantitative estimate of drug-likeness (QED) is 0.663. The summed E-state index contributed by atoms with van der Waals surface area (Å²) in [6.07, 6.45) is 1.54. The Balaban J connectivity index is 2.20. The summed E-state index contributed by atoms with van der Waals surface area (Å²) < 4.78 is 1.62. The fourth-order valence-electron chi connectivity index (χ4n) is 2.93. The molecule has 1 amide bonds. The number of hydrogen-bond acceptors (Lipinski definition) is 5. The molecule has 2 N–H and O–H groups in total. The minimum Gasteiger partial charge on any atom is -0.508 e. The van der Waals surface area contributed by atoms with E-state index >= 15 is 0 Å². The van der Waals surface area contributed by atoms with Gasteiger partial charge in [-0.05, 0) is 31.5 Å². The number of nitro groups is 1. The van der Waals surface area contributed by atoms with E-state index in [1.165, 1.54) is 12.1 Å². The maximum Gasteiger partial charge on any atom is 0.301 e. The lowest BCUT2D eigenvalue weighted by atomic mass is 9.83. The predicted molar refractivity (Wildman–Crippen MR) is 82.0 cm³/mol. The van der Waals surface area contributed by atoms with E-state index in [1.54, 1.807) is 23.0 Å². The van der Waals surface area contributed by atoms with Crippen LogP contribution in [-0.4, -0.2) is 31.8 Å². The Kier molecular flexibility index (Phi) is 3.51. The number of aromatic hydroxyl groups is 1. The van der Waals surface area contributed by atoms with Crippen LogP contribution in [0.1, 0.15) is 36.9 Å². The summed E-state index contributed by atoms with van der Waals surface area (Å²) in [7, 11) is 0. The van der Waals surface area contributed by atoms with Gasteiger partial charge in [0.25, 0.3) is 0 Å². The van der Waals surface area contributed by atoms with Gasteiger partial charge in [0.15, 0.2) is 0 Å². The van der Waals surface area contributed by atoms with Gasteiger partial charge in [-0.3, -0.25) is 14.9 Å². The monoisotopic (exact) mass is 316 g/mol. The number of nitrogens with one attached hydrogen (secondary N) is 1. The highest BCUT2D eigenvalue weighted by atomic mass is 16.6. The molecule has 0 fully saturated rings.